The molecule has 3 nitrogen and oxygen atoms in total. The van der Waals surface area contributed by atoms with E-state index in [2.05, 4.69) is 4.74 Å². The van der Waals surface area contributed by atoms with Crippen LogP contribution in [0, 0.1) is 11.8 Å². The number of aldehydes is 1. The van der Waals surface area contributed by atoms with Crippen LogP contribution >= 0.6 is 0 Å². The van der Waals surface area contributed by atoms with Gasteiger partial charge < -0.3 is 9.53 Å². The lowest BCUT2D eigenvalue weighted by molar-refractivity contribution is -0.147. The summed E-state index contributed by atoms with van der Waals surface area (Å²) in [5.41, 5.74) is 0. The number of ether oxygens (including phenoxy) is 1. The topological polar surface area (TPSA) is 43.4 Å². The number of hydrogen-bond acceptors (Lipinski definition) is 3. The van der Waals surface area contributed by atoms with Gasteiger partial charge in [0.05, 0.1) is 13.0 Å². The molecule has 2 atom stereocenters. The molecule has 0 N–H and O–H groups in total. The average molecular weight is 156 g/mol. The largest absolute Gasteiger partial charge is 0.469 e. The van der Waals surface area contributed by atoms with Crippen LogP contribution in [-0.4, -0.2) is 19.4 Å². The van der Waals surface area contributed by atoms with Crippen LogP contribution in [0.5, 0.6) is 0 Å². The summed E-state index contributed by atoms with van der Waals surface area (Å²) < 4.78 is 4.57. The lowest BCUT2D eigenvalue weighted by Crippen LogP contribution is -2.20. The number of hydrogen-bond donors (Lipinski definition) is 0. The highest BCUT2D eigenvalue weighted by atomic mass is 16.5. The zero-order valence-electron chi connectivity index (χ0n) is 6.58. The smallest absolute Gasteiger partial charge is 0.309 e. The van der Waals surface area contributed by atoms with Crippen molar-refractivity contribution in [3.05, 3.63) is 0 Å². The molecule has 1 rings (SSSR count). The minimum absolute atomic E-state index is 0.0950. The fourth-order valence-corrected chi connectivity index (χ4v) is 1.60. The molecule has 0 spiro atoms. The van der Waals surface area contributed by atoms with Crippen molar-refractivity contribution in [1.82, 2.24) is 0 Å². The highest BCUT2D eigenvalue weighted by Gasteiger charge is 2.33. The third kappa shape index (κ3) is 1.59. The summed E-state index contributed by atoms with van der Waals surface area (Å²) in [5.74, 6) is -0.500. The maximum Gasteiger partial charge on any atom is 0.309 e. The Balaban J connectivity index is 2.56. The van der Waals surface area contributed by atoms with Gasteiger partial charge >= 0.3 is 5.97 Å². The second-order valence-corrected chi connectivity index (χ2v) is 2.86. The molecule has 1 aliphatic carbocycles. The summed E-state index contributed by atoms with van der Waals surface area (Å²) in [4.78, 5) is 21.4. The van der Waals surface area contributed by atoms with Crippen molar-refractivity contribution in [3.63, 3.8) is 0 Å². The van der Waals surface area contributed by atoms with E-state index < -0.39 is 0 Å². The van der Waals surface area contributed by atoms with Crippen LogP contribution in [0.2, 0.25) is 0 Å². The highest BCUT2D eigenvalue weighted by Crippen LogP contribution is 2.30. The maximum atomic E-state index is 11.0. The Hall–Kier alpha value is -0.860. The van der Waals surface area contributed by atoms with E-state index in [1.54, 1.807) is 0 Å². The van der Waals surface area contributed by atoms with Crippen LogP contribution in [0.15, 0.2) is 0 Å². The van der Waals surface area contributed by atoms with Gasteiger partial charge in [0.25, 0.3) is 0 Å². The Morgan fingerprint density at radius 3 is 2.82 bits per heavy atom. The molecule has 0 saturated heterocycles. The van der Waals surface area contributed by atoms with Crippen molar-refractivity contribution in [2.24, 2.45) is 11.8 Å². The molecule has 11 heavy (non-hydrogen) atoms. The van der Waals surface area contributed by atoms with Gasteiger partial charge in [0.1, 0.15) is 6.29 Å². The SMILES string of the molecule is COC(=O)[C@H]1CCC[C@H]1C=O. The number of methoxy groups -OCH3 is 1. The predicted octanol–water partition coefficient (Wildman–Crippen LogP) is 0.775. The summed E-state index contributed by atoms with van der Waals surface area (Å²) >= 11 is 0. The normalized spacial score (nSPS) is 29.9. The van der Waals surface area contributed by atoms with Gasteiger partial charge in [-0.15, -0.1) is 0 Å². The summed E-state index contributed by atoms with van der Waals surface area (Å²) in [6.45, 7) is 0. The second kappa shape index (κ2) is 3.51. The van der Waals surface area contributed by atoms with Crippen LogP contribution in [0.3, 0.4) is 0 Å². The zero-order valence-corrected chi connectivity index (χ0v) is 6.58. The van der Waals surface area contributed by atoms with Gasteiger partial charge in [-0.2, -0.15) is 0 Å². The molecule has 0 bridgehead atoms. The fourth-order valence-electron chi connectivity index (χ4n) is 1.60. The summed E-state index contributed by atoms with van der Waals surface area (Å²) in [6.07, 6.45) is 3.47. The fraction of sp³-hybridized carbons (Fsp3) is 0.750. The molecular formula is C8H12O3. The Morgan fingerprint density at radius 1 is 1.55 bits per heavy atom. The Labute approximate surface area is 65.7 Å². The lowest BCUT2D eigenvalue weighted by Gasteiger charge is -2.10. The summed E-state index contributed by atoms with van der Waals surface area (Å²) in [5, 5.41) is 0. The van der Waals surface area contributed by atoms with E-state index in [1.807, 2.05) is 0 Å². The average Bonchev–Trinajstić information content (AvgIpc) is 2.50. The Bertz CT molecular complexity index is 165. The third-order valence-electron chi connectivity index (χ3n) is 2.25. The number of carbonyl (C=O) groups excluding carboxylic acids is 2. The molecule has 3 heteroatoms. The van der Waals surface area contributed by atoms with E-state index in [1.165, 1.54) is 7.11 Å². The van der Waals surface area contributed by atoms with Gasteiger partial charge in [0, 0.05) is 5.92 Å². The molecule has 0 radical (unpaired) electrons. The van der Waals surface area contributed by atoms with E-state index in [0.29, 0.717) is 0 Å². The van der Waals surface area contributed by atoms with Crippen molar-refractivity contribution in [1.29, 1.82) is 0 Å². The van der Waals surface area contributed by atoms with Gasteiger partial charge in [-0.25, -0.2) is 0 Å². The van der Waals surface area contributed by atoms with Crippen LogP contribution in [-0.2, 0) is 14.3 Å². The Morgan fingerprint density at radius 2 is 2.27 bits per heavy atom. The van der Waals surface area contributed by atoms with Gasteiger partial charge in [0.2, 0.25) is 0 Å². The van der Waals surface area contributed by atoms with Crippen molar-refractivity contribution in [2.45, 2.75) is 19.3 Å². The molecule has 0 aromatic heterocycles. The molecule has 0 aromatic rings. The minimum atomic E-state index is -0.236. The monoisotopic (exact) mass is 156 g/mol. The first kappa shape index (κ1) is 8.24. The van der Waals surface area contributed by atoms with E-state index in [9.17, 15) is 9.59 Å². The molecule has 1 fully saturated rings. The van der Waals surface area contributed by atoms with Gasteiger partial charge in [-0.05, 0) is 12.8 Å². The first-order valence-electron chi connectivity index (χ1n) is 3.82. The molecular weight excluding hydrogens is 144 g/mol. The molecule has 1 saturated carbocycles. The minimum Gasteiger partial charge on any atom is -0.469 e. The predicted molar refractivity (Wildman–Crippen MR) is 38.9 cm³/mol. The van der Waals surface area contributed by atoms with E-state index in [0.717, 1.165) is 25.5 Å². The molecule has 0 amide bonds. The molecule has 62 valence electrons. The summed E-state index contributed by atoms with van der Waals surface area (Å²) in [6, 6.07) is 0. The number of rotatable bonds is 2. The zero-order chi connectivity index (χ0) is 8.27. The van der Waals surface area contributed by atoms with Gasteiger partial charge in [-0.1, -0.05) is 6.42 Å². The first-order chi connectivity index (χ1) is 5.29. The maximum absolute atomic E-state index is 11.0. The van der Waals surface area contributed by atoms with Crippen LogP contribution in [0.1, 0.15) is 19.3 Å². The number of esters is 1. The summed E-state index contributed by atoms with van der Waals surface area (Å²) in [7, 11) is 1.36. The molecule has 0 aliphatic heterocycles. The van der Waals surface area contributed by atoms with Crippen LogP contribution in [0.25, 0.3) is 0 Å². The second-order valence-electron chi connectivity index (χ2n) is 2.86. The quantitative estimate of drug-likeness (QED) is 0.438. The van der Waals surface area contributed by atoms with Crippen LogP contribution < -0.4 is 0 Å². The van der Waals surface area contributed by atoms with Crippen molar-refractivity contribution in [2.75, 3.05) is 7.11 Å². The molecule has 0 aromatic carbocycles. The Kier molecular flexibility index (Phi) is 2.63. The highest BCUT2D eigenvalue weighted by molar-refractivity contribution is 5.77. The molecule has 0 unspecified atom stereocenters. The third-order valence-corrected chi connectivity index (χ3v) is 2.25. The van der Waals surface area contributed by atoms with Gasteiger partial charge in [-0.3, -0.25) is 4.79 Å². The van der Waals surface area contributed by atoms with Crippen LogP contribution in [0.4, 0.5) is 0 Å². The molecule has 0 heterocycles. The van der Waals surface area contributed by atoms with E-state index >= 15 is 0 Å². The van der Waals surface area contributed by atoms with E-state index in [-0.39, 0.29) is 17.8 Å². The van der Waals surface area contributed by atoms with Crippen molar-refractivity contribution >= 4 is 12.3 Å². The van der Waals surface area contributed by atoms with Crippen molar-refractivity contribution in [3.8, 4) is 0 Å². The first-order valence-corrected chi connectivity index (χ1v) is 3.82. The molecule has 1 aliphatic rings. The van der Waals surface area contributed by atoms with E-state index in [4.69, 9.17) is 0 Å². The number of carbonyl (C=O) groups is 2. The van der Waals surface area contributed by atoms with Gasteiger partial charge in [0.15, 0.2) is 0 Å². The standard InChI is InChI=1S/C8H12O3/c1-11-8(10)7-4-2-3-6(7)5-9/h5-7H,2-4H2,1H3/t6-,7-/m0/s1. The van der Waals surface area contributed by atoms with Crippen molar-refractivity contribution < 1.29 is 14.3 Å². The lowest BCUT2D eigenvalue weighted by atomic mass is 9.98.